The van der Waals surface area contributed by atoms with E-state index in [1.807, 2.05) is 12.1 Å². The molecule has 22 heavy (non-hydrogen) atoms. The molecule has 2 rings (SSSR count). The van der Waals surface area contributed by atoms with Gasteiger partial charge < -0.3 is 20.1 Å². The Morgan fingerprint density at radius 3 is 2.41 bits per heavy atom. The van der Waals surface area contributed by atoms with Gasteiger partial charge in [0.25, 0.3) is 0 Å². The van der Waals surface area contributed by atoms with E-state index in [4.69, 9.17) is 9.47 Å². The van der Waals surface area contributed by atoms with E-state index in [-0.39, 0.29) is 24.0 Å². The zero-order valence-electron chi connectivity index (χ0n) is 13.3. The lowest BCUT2D eigenvalue weighted by atomic mass is 10.2. The van der Waals surface area contributed by atoms with E-state index in [0.29, 0.717) is 18.3 Å². The number of hydrogen-bond donors (Lipinski definition) is 2. The van der Waals surface area contributed by atoms with Gasteiger partial charge in [0.2, 0.25) is 0 Å². The maximum Gasteiger partial charge on any atom is 0.191 e. The molecule has 1 fully saturated rings. The molecule has 1 saturated carbocycles. The van der Waals surface area contributed by atoms with Gasteiger partial charge in [-0.05, 0) is 30.0 Å². The monoisotopic (exact) mass is 483 g/mol. The Morgan fingerprint density at radius 2 is 1.91 bits per heavy atom. The Balaban J connectivity index is 0.00000242. The van der Waals surface area contributed by atoms with E-state index in [1.54, 1.807) is 21.3 Å². The Hall–Kier alpha value is -0.700. The first-order valence-corrected chi connectivity index (χ1v) is 7.76. The molecule has 2 N–H and O–H groups in total. The van der Waals surface area contributed by atoms with Crippen LogP contribution in [0.25, 0.3) is 0 Å². The normalized spacial score (nSPS) is 20.0. The minimum atomic E-state index is 0. The first-order valence-electron chi connectivity index (χ1n) is 6.96. The Bertz CT molecular complexity index is 540. The van der Waals surface area contributed by atoms with Crippen LogP contribution in [0.3, 0.4) is 0 Å². The summed E-state index contributed by atoms with van der Waals surface area (Å²) in [6.45, 7) is 2.89. The second-order valence-corrected chi connectivity index (χ2v) is 6.04. The van der Waals surface area contributed by atoms with Crippen LogP contribution in [-0.4, -0.2) is 33.3 Å². The third-order valence-corrected chi connectivity index (χ3v) is 4.39. The molecule has 0 aliphatic heterocycles. The molecule has 1 aromatic rings. The van der Waals surface area contributed by atoms with Gasteiger partial charge in [0.15, 0.2) is 17.5 Å². The van der Waals surface area contributed by atoms with Crippen LogP contribution in [0.2, 0.25) is 0 Å². The summed E-state index contributed by atoms with van der Waals surface area (Å²) in [6.07, 6.45) is 1.21. The summed E-state index contributed by atoms with van der Waals surface area (Å²) >= 11 is 3.56. The molecule has 5 nitrogen and oxygen atoms in total. The SMILES string of the molecule is CN=C(NCc1cc(OC)c(OC)cc1Br)NC1CC1C.I. The van der Waals surface area contributed by atoms with Crippen LogP contribution in [0, 0.1) is 5.92 Å². The average molecular weight is 484 g/mol. The largest absolute Gasteiger partial charge is 0.493 e. The number of methoxy groups -OCH3 is 2. The number of nitrogens with one attached hydrogen (secondary N) is 2. The summed E-state index contributed by atoms with van der Waals surface area (Å²) in [7, 11) is 5.05. The van der Waals surface area contributed by atoms with Crippen molar-refractivity contribution >= 4 is 45.9 Å². The van der Waals surface area contributed by atoms with Crippen LogP contribution in [0.1, 0.15) is 18.9 Å². The van der Waals surface area contributed by atoms with E-state index >= 15 is 0 Å². The second-order valence-electron chi connectivity index (χ2n) is 5.19. The van der Waals surface area contributed by atoms with Gasteiger partial charge in [0, 0.05) is 24.1 Å². The Morgan fingerprint density at radius 1 is 1.32 bits per heavy atom. The topological polar surface area (TPSA) is 54.9 Å². The van der Waals surface area contributed by atoms with Crippen molar-refractivity contribution in [3.8, 4) is 11.5 Å². The highest BCUT2D eigenvalue weighted by atomic mass is 127. The molecule has 7 heteroatoms. The van der Waals surface area contributed by atoms with Crippen LogP contribution >= 0.6 is 39.9 Å². The van der Waals surface area contributed by atoms with E-state index in [0.717, 1.165) is 27.7 Å². The molecule has 0 heterocycles. The average Bonchev–Trinajstić information content (AvgIpc) is 3.19. The molecule has 1 aliphatic carbocycles. The number of hydrogen-bond acceptors (Lipinski definition) is 3. The molecular weight excluding hydrogens is 461 g/mol. The zero-order chi connectivity index (χ0) is 15.4. The number of aliphatic imine (C=N–C) groups is 1. The predicted molar refractivity (Wildman–Crippen MR) is 104 cm³/mol. The zero-order valence-corrected chi connectivity index (χ0v) is 17.2. The third-order valence-electron chi connectivity index (χ3n) is 3.65. The number of ether oxygens (including phenoxy) is 2. The van der Waals surface area contributed by atoms with E-state index in [2.05, 4.69) is 38.5 Å². The Labute approximate surface area is 157 Å². The molecule has 0 radical (unpaired) electrons. The minimum Gasteiger partial charge on any atom is -0.493 e. The minimum absolute atomic E-state index is 0. The number of nitrogens with zero attached hydrogens (tertiary/aromatic N) is 1. The van der Waals surface area contributed by atoms with Crippen molar-refractivity contribution in [3.63, 3.8) is 0 Å². The second kappa shape index (κ2) is 8.81. The molecule has 0 aromatic heterocycles. The van der Waals surface area contributed by atoms with Gasteiger partial charge in [0.1, 0.15) is 0 Å². The fourth-order valence-electron chi connectivity index (χ4n) is 2.10. The fourth-order valence-corrected chi connectivity index (χ4v) is 2.57. The highest BCUT2D eigenvalue weighted by Crippen LogP contribution is 2.33. The fraction of sp³-hybridized carbons (Fsp3) is 0.533. The van der Waals surface area contributed by atoms with Gasteiger partial charge in [-0.2, -0.15) is 0 Å². The van der Waals surface area contributed by atoms with Crippen LogP contribution < -0.4 is 20.1 Å². The van der Waals surface area contributed by atoms with Crippen molar-refractivity contribution in [2.75, 3.05) is 21.3 Å². The quantitative estimate of drug-likeness (QED) is 0.383. The van der Waals surface area contributed by atoms with Gasteiger partial charge in [-0.15, -0.1) is 24.0 Å². The van der Waals surface area contributed by atoms with Gasteiger partial charge >= 0.3 is 0 Å². The summed E-state index contributed by atoms with van der Waals surface area (Å²) in [5.41, 5.74) is 1.08. The maximum atomic E-state index is 5.33. The van der Waals surface area contributed by atoms with Crippen LogP contribution in [0.5, 0.6) is 11.5 Å². The predicted octanol–water partition coefficient (Wildman–Crippen LogP) is 3.16. The lowest BCUT2D eigenvalue weighted by Gasteiger charge is -2.15. The van der Waals surface area contributed by atoms with Crippen molar-refractivity contribution in [3.05, 3.63) is 22.2 Å². The van der Waals surface area contributed by atoms with Crippen molar-refractivity contribution in [2.24, 2.45) is 10.9 Å². The van der Waals surface area contributed by atoms with Crippen molar-refractivity contribution in [1.29, 1.82) is 0 Å². The molecular formula is C15H23BrIN3O2. The van der Waals surface area contributed by atoms with Gasteiger partial charge in [-0.3, -0.25) is 4.99 Å². The van der Waals surface area contributed by atoms with Crippen LogP contribution in [0.15, 0.2) is 21.6 Å². The molecule has 0 bridgehead atoms. The van der Waals surface area contributed by atoms with Crippen LogP contribution in [-0.2, 0) is 6.54 Å². The molecule has 0 spiro atoms. The van der Waals surface area contributed by atoms with Crippen molar-refractivity contribution in [1.82, 2.24) is 10.6 Å². The number of benzene rings is 1. The first kappa shape index (κ1) is 19.3. The summed E-state index contributed by atoms with van der Waals surface area (Å²) in [4.78, 5) is 4.25. The molecule has 2 unspecified atom stereocenters. The molecule has 0 amide bonds. The van der Waals surface area contributed by atoms with Gasteiger partial charge in [-0.25, -0.2) is 0 Å². The summed E-state index contributed by atoms with van der Waals surface area (Å²) in [5, 5.41) is 6.72. The van der Waals surface area contributed by atoms with E-state index in [9.17, 15) is 0 Å². The first-order chi connectivity index (χ1) is 10.1. The molecule has 0 saturated heterocycles. The maximum absolute atomic E-state index is 5.33. The third kappa shape index (κ3) is 4.91. The highest BCUT2D eigenvalue weighted by molar-refractivity contribution is 14.0. The lowest BCUT2D eigenvalue weighted by Crippen LogP contribution is -2.38. The molecule has 2 atom stereocenters. The van der Waals surface area contributed by atoms with E-state index in [1.165, 1.54) is 6.42 Å². The molecule has 1 aromatic carbocycles. The molecule has 124 valence electrons. The summed E-state index contributed by atoms with van der Waals surface area (Å²) < 4.78 is 11.6. The van der Waals surface area contributed by atoms with E-state index < -0.39 is 0 Å². The summed E-state index contributed by atoms with van der Waals surface area (Å²) in [5.74, 6) is 2.99. The number of guanidine groups is 1. The van der Waals surface area contributed by atoms with Gasteiger partial charge in [0.05, 0.1) is 14.2 Å². The smallest absolute Gasteiger partial charge is 0.191 e. The van der Waals surface area contributed by atoms with Crippen molar-refractivity contribution in [2.45, 2.75) is 25.9 Å². The summed E-state index contributed by atoms with van der Waals surface area (Å²) in [6, 6.07) is 4.42. The van der Waals surface area contributed by atoms with Gasteiger partial charge in [-0.1, -0.05) is 22.9 Å². The lowest BCUT2D eigenvalue weighted by molar-refractivity contribution is 0.354. The standard InChI is InChI=1S/C15H22BrN3O2.HI/c1-9-5-12(9)19-15(17-2)18-8-10-6-13(20-3)14(21-4)7-11(10)16;/h6-7,9,12H,5,8H2,1-4H3,(H2,17,18,19);1H. The highest BCUT2D eigenvalue weighted by Gasteiger charge is 2.33. The molecule has 1 aliphatic rings. The number of rotatable bonds is 5. The van der Waals surface area contributed by atoms with Crippen molar-refractivity contribution < 1.29 is 9.47 Å². The Kier molecular flexibility index (Phi) is 7.75. The van der Waals surface area contributed by atoms with Crippen LogP contribution in [0.4, 0.5) is 0 Å². The number of halogens is 2.